The van der Waals surface area contributed by atoms with Crippen LogP contribution in [-0.2, 0) is 20.9 Å². The van der Waals surface area contributed by atoms with Crippen LogP contribution in [0.25, 0.3) is 0 Å². The van der Waals surface area contributed by atoms with E-state index in [1.165, 1.54) is 7.11 Å². The highest BCUT2D eigenvalue weighted by molar-refractivity contribution is 5.81. The Morgan fingerprint density at radius 3 is 2.38 bits per heavy atom. The van der Waals surface area contributed by atoms with E-state index >= 15 is 0 Å². The molecule has 114 valence electrons. The topological polar surface area (TPSA) is 55.8 Å². The van der Waals surface area contributed by atoms with Crippen LogP contribution >= 0.6 is 0 Å². The van der Waals surface area contributed by atoms with Gasteiger partial charge in [0.05, 0.1) is 20.6 Å². The average Bonchev–Trinajstić information content (AvgIpc) is 3.35. The van der Waals surface area contributed by atoms with E-state index in [1.54, 1.807) is 12.0 Å². The molecule has 0 N–H and O–H groups in total. The lowest BCUT2D eigenvalue weighted by Gasteiger charge is -2.22. The van der Waals surface area contributed by atoms with Crippen LogP contribution in [0.15, 0.2) is 24.3 Å². The van der Waals surface area contributed by atoms with Crippen LogP contribution in [-0.4, -0.2) is 37.5 Å². The van der Waals surface area contributed by atoms with Crippen molar-refractivity contribution >= 4 is 11.9 Å². The molecule has 1 aromatic carbocycles. The first-order valence-corrected chi connectivity index (χ1v) is 7.12. The predicted molar refractivity (Wildman–Crippen MR) is 77.8 cm³/mol. The molecule has 5 nitrogen and oxygen atoms in total. The zero-order valence-corrected chi connectivity index (χ0v) is 12.5. The fourth-order valence-electron chi connectivity index (χ4n) is 2.14. The maximum atomic E-state index is 12.3. The Kier molecular flexibility index (Phi) is 5.20. The predicted octanol–water partition coefficient (Wildman–Crippen LogP) is 2.00. The van der Waals surface area contributed by atoms with Gasteiger partial charge in [-0.25, -0.2) is 0 Å². The SMILES string of the molecule is COC(=O)CCN(Cc1ccc(OC)cc1)C(=O)C1CC1. The summed E-state index contributed by atoms with van der Waals surface area (Å²) in [7, 11) is 2.98. The van der Waals surface area contributed by atoms with Gasteiger partial charge < -0.3 is 14.4 Å². The van der Waals surface area contributed by atoms with Crippen molar-refractivity contribution in [3.63, 3.8) is 0 Å². The molecule has 0 aromatic heterocycles. The zero-order chi connectivity index (χ0) is 15.2. The lowest BCUT2D eigenvalue weighted by atomic mass is 10.2. The number of rotatable bonds is 7. The molecule has 5 heteroatoms. The number of esters is 1. The molecule has 1 fully saturated rings. The van der Waals surface area contributed by atoms with Gasteiger partial charge in [-0.3, -0.25) is 9.59 Å². The molecule has 1 aliphatic carbocycles. The molecule has 0 aliphatic heterocycles. The number of hydrogen-bond acceptors (Lipinski definition) is 4. The quantitative estimate of drug-likeness (QED) is 0.721. The van der Waals surface area contributed by atoms with Gasteiger partial charge in [0.15, 0.2) is 0 Å². The van der Waals surface area contributed by atoms with Crippen LogP contribution in [0.2, 0.25) is 0 Å². The fraction of sp³-hybridized carbons (Fsp3) is 0.500. The highest BCUT2D eigenvalue weighted by Crippen LogP contribution is 2.31. The van der Waals surface area contributed by atoms with Gasteiger partial charge in [0.2, 0.25) is 5.91 Å². The molecule has 2 rings (SSSR count). The van der Waals surface area contributed by atoms with Crippen LogP contribution in [0.3, 0.4) is 0 Å². The Bertz CT molecular complexity index is 494. The van der Waals surface area contributed by atoms with Crippen molar-refractivity contribution in [1.82, 2.24) is 4.90 Å². The zero-order valence-electron chi connectivity index (χ0n) is 12.5. The van der Waals surface area contributed by atoms with E-state index in [-0.39, 0.29) is 24.2 Å². The fourth-order valence-corrected chi connectivity index (χ4v) is 2.14. The van der Waals surface area contributed by atoms with Gasteiger partial charge in [-0.15, -0.1) is 0 Å². The Morgan fingerprint density at radius 1 is 1.19 bits per heavy atom. The van der Waals surface area contributed by atoms with Crippen molar-refractivity contribution in [2.24, 2.45) is 5.92 Å². The van der Waals surface area contributed by atoms with E-state index in [9.17, 15) is 9.59 Å². The number of ether oxygens (including phenoxy) is 2. The minimum atomic E-state index is -0.293. The normalized spacial score (nSPS) is 13.6. The van der Waals surface area contributed by atoms with Crippen molar-refractivity contribution in [1.29, 1.82) is 0 Å². The number of amides is 1. The molecule has 0 atom stereocenters. The van der Waals surface area contributed by atoms with E-state index in [4.69, 9.17) is 4.74 Å². The van der Waals surface area contributed by atoms with Gasteiger partial charge in [0.1, 0.15) is 5.75 Å². The van der Waals surface area contributed by atoms with E-state index in [2.05, 4.69) is 4.74 Å². The van der Waals surface area contributed by atoms with Crippen LogP contribution in [0.1, 0.15) is 24.8 Å². The van der Waals surface area contributed by atoms with E-state index in [0.717, 1.165) is 24.2 Å². The van der Waals surface area contributed by atoms with Gasteiger partial charge >= 0.3 is 5.97 Å². The average molecular weight is 291 g/mol. The minimum absolute atomic E-state index is 0.134. The van der Waals surface area contributed by atoms with E-state index < -0.39 is 0 Å². The maximum absolute atomic E-state index is 12.3. The third kappa shape index (κ3) is 4.48. The van der Waals surface area contributed by atoms with Gasteiger partial charge in [-0.1, -0.05) is 12.1 Å². The summed E-state index contributed by atoms with van der Waals surface area (Å²) in [5.74, 6) is 0.766. The van der Waals surface area contributed by atoms with Crippen LogP contribution in [0, 0.1) is 5.92 Å². The first-order valence-electron chi connectivity index (χ1n) is 7.12. The summed E-state index contributed by atoms with van der Waals surface area (Å²) >= 11 is 0. The number of carbonyl (C=O) groups excluding carboxylic acids is 2. The molecule has 0 saturated heterocycles. The van der Waals surface area contributed by atoms with Crippen LogP contribution in [0.5, 0.6) is 5.75 Å². The van der Waals surface area contributed by atoms with Gasteiger partial charge in [-0.2, -0.15) is 0 Å². The number of methoxy groups -OCH3 is 2. The molecule has 1 saturated carbocycles. The molecule has 1 aliphatic rings. The summed E-state index contributed by atoms with van der Waals surface area (Å²) in [6, 6.07) is 7.61. The molecule has 0 heterocycles. The second-order valence-electron chi connectivity index (χ2n) is 5.21. The van der Waals surface area contributed by atoms with Gasteiger partial charge in [0.25, 0.3) is 0 Å². The van der Waals surface area contributed by atoms with Crippen LogP contribution in [0.4, 0.5) is 0 Å². The molecular weight excluding hydrogens is 270 g/mol. The monoisotopic (exact) mass is 291 g/mol. The van der Waals surface area contributed by atoms with Crippen molar-refractivity contribution in [2.75, 3.05) is 20.8 Å². The third-order valence-electron chi connectivity index (χ3n) is 3.58. The molecule has 0 bridgehead atoms. The Morgan fingerprint density at radius 2 is 1.86 bits per heavy atom. The van der Waals surface area contributed by atoms with E-state index in [0.29, 0.717) is 13.1 Å². The summed E-state index contributed by atoms with van der Waals surface area (Å²) < 4.78 is 9.77. The second kappa shape index (κ2) is 7.11. The highest BCUT2D eigenvalue weighted by Gasteiger charge is 2.33. The smallest absolute Gasteiger partial charge is 0.307 e. The van der Waals surface area contributed by atoms with Crippen LogP contribution < -0.4 is 4.74 Å². The number of carbonyl (C=O) groups is 2. The number of nitrogens with zero attached hydrogens (tertiary/aromatic N) is 1. The second-order valence-corrected chi connectivity index (χ2v) is 5.21. The summed E-state index contributed by atoms with van der Waals surface area (Å²) in [6.45, 7) is 0.907. The number of hydrogen-bond donors (Lipinski definition) is 0. The summed E-state index contributed by atoms with van der Waals surface area (Å²) in [5.41, 5.74) is 1.02. The molecule has 21 heavy (non-hydrogen) atoms. The largest absolute Gasteiger partial charge is 0.497 e. The lowest BCUT2D eigenvalue weighted by Crippen LogP contribution is -2.33. The molecule has 1 amide bonds. The maximum Gasteiger partial charge on any atom is 0.307 e. The van der Waals surface area contributed by atoms with Crippen molar-refractivity contribution in [3.8, 4) is 5.75 Å². The highest BCUT2D eigenvalue weighted by atomic mass is 16.5. The Hall–Kier alpha value is -2.04. The summed E-state index contributed by atoms with van der Waals surface area (Å²) in [5, 5.41) is 0. The molecule has 0 unspecified atom stereocenters. The van der Waals surface area contributed by atoms with E-state index in [1.807, 2.05) is 24.3 Å². The first kappa shape index (κ1) is 15.4. The standard InChI is InChI=1S/C16H21NO4/c1-20-14-7-3-12(4-8-14)11-17(10-9-15(18)21-2)16(19)13-5-6-13/h3-4,7-8,13H,5-6,9-11H2,1-2H3. The van der Waals surface area contributed by atoms with Crippen molar-refractivity contribution in [3.05, 3.63) is 29.8 Å². The third-order valence-corrected chi connectivity index (χ3v) is 3.58. The molecule has 1 aromatic rings. The molecule has 0 spiro atoms. The summed E-state index contributed by atoms with van der Waals surface area (Å²) in [6.07, 6.45) is 2.14. The molecular formula is C16H21NO4. The lowest BCUT2D eigenvalue weighted by molar-refractivity contribution is -0.142. The Balaban J connectivity index is 1.99. The first-order chi connectivity index (χ1) is 10.1. The minimum Gasteiger partial charge on any atom is -0.497 e. The molecule has 0 radical (unpaired) electrons. The van der Waals surface area contributed by atoms with Gasteiger partial charge in [0, 0.05) is 19.0 Å². The Labute approximate surface area is 124 Å². The van der Waals surface area contributed by atoms with Crippen molar-refractivity contribution in [2.45, 2.75) is 25.8 Å². The summed E-state index contributed by atoms with van der Waals surface area (Å²) in [4.78, 5) is 25.3. The number of benzene rings is 1. The van der Waals surface area contributed by atoms with Crippen molar-refractivity contribution < 1.29 is 19.1 Å². The van der Waals surface area contributed by atoms with Gasteiger partial charge in [-0.05, 0) is 30.5 Å².